The van der Waals surface area contributed by atoms with Gasteiger partial charge in [0.05, 0.1) is 6.61 Å². The molecule has 3 rings (SSSR count). The van der Waals surface area contributed by atoms with Crippen molar-refractivity contribution in [2.24, 2.45) is 0 Å². The SMILES string of the molecule is O=C(c1ccc2c(c1)CCOO2)N1CCCCC1. The van der Waals surface area contributed by atoms with E-state index in [9.17, 15) is 4.79 Å². The zero-order chi connectivity index (χ0) is 12.4. The third kappa shape index (κ3) is 2.20. The van der Waals surface area contributed by atoms with Crippen LogP contribution in [0.3, 0.4) is 0 Å². The van der Waals surface area contributed by atoms with Crippen LogP contribution in [-0.2, 0) is 11.3 Å². The molecule has 18 heavy (non-hydrogen) atoms. The fourth-order valence-corrected chi connectivity index (χ4v) is 2.53. The predicted molar refractivity (Wildman–Crippen MR) is 66.5 cm³/mol. The van der Waals surface area contributed by atoms with Gasteiger partial charge in [0.15, 0.2) is 5.75 Å². The first-order chi connectivity index (χ1) is 8.84. The lowest BCUT2D eigenvalue weighted by Gasteiger charge is -2.27. The van der Waals surface area contributed by atoms with Gasteiger partial charge in [0.2, 0.25) is 0 Å². The first kappa shape index (κ1) is 11.5. The molecule has 0 radical (unpaired) electrons. The van der Waals surface area contributed by atoms with E-state index in [1.807, 2.05) is 23.1 Å². The summed E-state index contributed by atoms with van der Waals surface area (Å²) >= 11 is 0. The molecule has 1 amide bonds. The van der Waals surface area contributed by atoms with E-state index in [4.69, 9.17) is 9.78 Å². The Kier molecular flexibility index (Phi) is 3.19. The topological polar surface area (TPSA) is 38.8 Å². The first-order valence-corrected chi connectivity index (χ1v) is 6.56. The van der Waals surface area contributed by atoms with Crippen LogP contribution < -0.4 is 4.89 Å². The van der Waals surface area contributed by atoms with E-state index in [-0.39, 0.29) is 5.91 Å². The van der Waals surface area contributed by atoms with E-state index in [1.165, 1.54) is 6.42 Å². The third-order valence-electron chi connectivity index (χ3n) is 3.55. The molecule has 0 aliphatic carbocycles. The van der Waals surface area contributed by atoms with Crippen LogP contribution in [0.1, 0.15) is 35.2 Å². The summed E-state index contributed by atoms with van der Waals surface area (Å²) in [5, 5.41) is 0. The van der Waals surface area contributed by atoms with Crippen LogP contribution in [0.15, 0.2) is 18.2 Å². The Morgan fingerprint density at radius 3 is 2.83 bits per heavy atom. The molecule has 2 aliphatic heterocycles. The predicted octanol–water partition coefficient (Wildman–Crippen LogP) is 2.18. The second kappa shape index (κ2) is 4.98. The lowest BCUT2D eigenvalue weighted by Crippen LogP contribution is -2.35. The maximum atomic E-state index is 12.3. The molecular weight excluding hydrogens is 230 g/mol. The van der Waals surface area contributed by atoms with Gasteiger partial charge < -0.3 is 9.79 Å². The highest BCUT2D eigenvalue weighted by atomic mass is 17.2. The molecule has 4 nitrogen and oxygen atoms in total. The van der Waals surface area contributed by atoms with Gasteiger partial charge in [-0.3, -0.25) is 4.79 Å². The standard InChI is InChI=1S/C14H17NO3/c16-14(15-7-2-1-3-8-15)12-4-5-13-11(10-12)6-9-17-18-13/h4-5,10H,1-3,6-9H2. The summed E-state index contributed by atoms with van der Waals surface area (Å²) in [5.41, 5.74) is 1.82. The maximum Gasteiger partial charge on any atom is 0.253 e. The molecule has 0 unspecified atom stereocenters. The largest absolute Gasteiger partial charge is 0.339 e. The lowest BCUT2D eigenvalue weighted by molar-refractivity contribution is -0.215. The number of hydrogen-bond acceptors (Lipinski definition) is 3. The molecule has 4 heteroatoms. The summed E-state index contributed by atoms with van der Waals surface area (Å²) in [6, 6.07) is 5.59. The minimum atomic E-state index is 0.143. The van der Waals surface area contributed by atoms with Gasteiger partial charge in [0.1, 0.15) is 0 Å². The Hall–Kier alpha value is -1.55. The van der Waals surface area contributed by atoms with Crippen LogP contribution >= 0.6 is 0 Å². The molecule has 0 N–H and O–H groups in total. The van der Waals surface area contributed by atoms with E-state index < -0.39 is 0 Å². The quantitative estimate of drug-likeness (QED) is 0.714. The third-order valence-corrected chi connectivity index (χ3v) is 3.55. The molecule has 2 aliphatic rings. The van der Waals surface area contributed by atoms with Crippen molar-refractivity contribution >= 4 is 5.91 Å². The number of benzene rings is 1. The van der Waals surface area contributed by atoms with Crippen molar-refractivity contribution in [3.05, 3.63) is 29.3 Å². The Balaban J connectivity index is 1.80. The normalized spacial score (nSPS) is 19.0. The average Bonchev–Trinajstić information content (AvgIpc) is 2.47. The number of nitrogens with zero attached hydrogens (tertiary/aromatic N) is 1. The zero-order valence-electron chi connectivity index (χ0n) is 10.4. The number of rotatable bonds is 1. The summed E-state index contributed by atoms with van der Waals surface area (Å²) < 4.78 is 0. The van der Waals surface area contributed by atoms with Crippen LogP contribution in [0, 0.1) is 0 Å². The summed E-state index contributed by atoms with van der Waals surface area (Å²) in [7, 11) is 0. The molecule has 96 valence electrons. The zero-order valence-corrected chi connectivity index (χ0v) is 10.4. The molecule has 0 atom stereocenters. The van der Waals surface area contributed by atoms with Gasteiger partial charge in [-0.1, -0.05) is 0 Å². The molecule has 0 spiro atoms. The van der Waals surface area contributed by atoms with Crippen molar-refractivity contribution in [3.63, 3.8) is 0 Å². The van der Waals surface area contributed by atoms with Crippen LogP contribution in [-0.4, -0.2) is 30.5 Å². The van der Waals surface area contributed by atoms with Gasteiger partial charge in [0, 0.05) is 30.6 Å². The summed E-state index contributed by atoms with van der Waals surface area (Å²) in [6.07, 6.45) is 4.27. The van der Waals surface area contributed by atoms with Crippen molar-refractivity contribution in [1.29, 1.82) is 0 Å². The van der Waals surface area contributed by atoms with E-state index in [0.717, 1.165) is 49.2 Å². The van der Waals surface area contributed by atoms with E-state index >= 15 is 0 Å². The number of carbonyl (C=O) groups excluding carboxylic acids is 1. The monoisotopic (exact) mass is 247 g/mol. The minimum Gasteiger partial charge on any atom is -0.339 e. The number of hydrogen-bond donors (Lipinski definition) is 0. The molecule has 1 saturated heterocycles. The van der Waals surface area contributed by atoms with Gasteiger partial charge in [-0.25, -0.2) is 0 Å². The number of carbonyl (C=O) groups is 1. The van der Waals surface area contributed by atoms with Crippen molar-refractivity contribution in [2.75, 3.05) is 19.7 Å². The second-order valence-corrected chi connectivity index (χ2v) is 4.83. The first-order valence-electron chi connectivity index (χ1n) is 6.56. The number of fused-ring (bicyclic) bond motifs is 1. The molecule has 1 fully saturated rings. The fraction of sp³-hybridized carbons (Fsp3) is 0.500. The van der Waals surface area contributed by atoms with Crippen molar-refractivity contribution in [2.45, 2.75) is 25.7 Å². The highest BCUT2D eigenvalue weighted by molar-refractivity contribution is 5.94. The molecular formula is C14H17NO3. The van der Waals surface area contributed by atoms with Gasteiger partial charge >= 0.3 is 0 Å². The molecule has 0 aromatic heterocycles. The Labute approximate surface area is 106 Å². The van der Waals surface area contributed by atoms with Gasteiger partial charge in [0.25, 0.3) is 5.91 Å². The summed E-state index contributed by atoms with van der Waals surface area (Å²) in [5.74, 6) is 0.875. The Morgan fingerprint density at radius 1 is 1.17 bits per heavy atom. The van der Waals surface area contributed by atoms with E-state index in [2.05, 4.69) is 0 Å². The molecule has 2 heterocycles. The highest BCUT2D eigenvalue weighted by Crippen LogP contribution is 2.25. The van der Waals surface area contributed by atoms with Crippen LogP contribution in [0.4, 0.5) is 0 Å². The molecule has 0 bridgehead atoms. The minimum absolute atomic E-state index is 0.143. The Morgan fingerprint density at radius 2 is 2.00 bits per heavy atom. The maximum absolute atomic E-state index is 12.3. The van der Waals surface area contributed by atoms with Crippen LogP contribution in [0.25, 0.3) is 0 Å². The lowest BCUT2D eigenvalue weighted by atomic mass is 10.0. The van der Waals surface area contributed by atoms with Crippen LogP contribution in [0.2, 0.25) is 0 Å². The van der Waals surface area contributed by atoms with Crippen molar-refractivity contribution in [1.82, 2.24) is 4.90 Å². The number of likely N-dealkylation sites (tertiary alicyclic amines) is 1. The highest BCUT2D eigenvalue weighted by Gasteiger charge is 2.20. The summed E-state index contributed by atoms with van der Waals surface area (Å²) in [6.45, 7) is 2.32. The number of piperidine rings is 1. The molecule has 1 aromatic rings. The van der Waals surface area contributed by atoms with Crippen molar-refractivity contribution in [3.8, 4) is 5.75 Å². The molecule has 0 saturated carbocycles. The summed E-state index contributed by atoms with van der Waals surface area (Å²) in [4.78, 5) is 24.3. The number of amides is 1. The fourth-order valence-electron chi connectivity index (χ4n) is 2.53. The average molecular weight is 247 g/mol. The van der Waals surface area contributed by atoms with Crippen LogP contribution in [0.5, 0.6) is 5.75 Å². The van der Waals surface area contributed by atoms with Gasteiger partial charge in [-0.2, -0.15) is 4.89 Å². The van der Waals surface area contributed by atoms with Crippen molar-refractivity contribution < 1.29 is 14.6 Å². The molecule has 1 aromatic carbocycles. The Bertz CT molecular complexity index is 452. The van der Waals surface area contributed by atoms with Gasteiger partial charge in [-0.15, -0.1) is 0 Å². The van der Waals surface area contributed by atoms with E-state index in [1.54, 1.807) is 0 Å². The van der Waals surface area contributed by atoms with E-state index in [0.29, 0.717) is 6.61 Å². The van der Waals surface area contributed by atoms with Gasteiger partial charge in [-0.05, 0) is 37.5 Å². The second-order valence-electron chi connectivity index (χ2n) is 4.83. The smallest absolute Gasteiger partial charge is 0.253 e.